The number of halogens is 2. The summed E-state index contributed by atoms with van der Waals surface area (Å²) in [6.45, 7) is 0.200. The van der Waals surface area contributed by atoms with Crippen LogP contribution in [0, 0.1) is 0 Å². The second kappa shape index (κ2) is 8.55. The van der Waals surface area contributed by atoms with Gasteiger partial charge in [-0.3, -0.25) is 4.79 Å². The van der Waals surface area contributed by atoms with Crippen molar-refractivity contribution in [2.75, 3.05) is 6.54 Å². The quantitative estimate of drug-likeness (QED) is 0.526. The Bertz CT molecular complexity index is 740. The molecule has 2 aromatic rings. The van der Waals surface area contributed by atoms with Crippen LogP contribution < -0.4 is 5.32 Å². The maximum atomic E-state index is 11.8. The molecule has 2 rings (SSSR count). The van der Waals surface area contributed by atoms with Crippen molar-refractivity contribution < 1.29 is 19.8 Å². The van der Waals surface area contributed by atoms with Gasteiger partial charge in [-0.1, -0.05) is 47.5 Å². The van der Waals surface area contributed by atoms with E-state index < -0.39 is 17.6 Å². The molecule has 0 saturated heterocycles. The molecule has 0 bridgehead atoms. The van der Waals surface area contributed by atoms with Crippen molar-refractivity contribution in [2.45, 2.75) is 5.92 Å². The minimum Gasteiger partial charge on any atom is -0.502 e. The van der Waals surface area contributed by atoms with Gasteiger partial charge in [0.15, 0.2) is 0 Å². The van der Waals surface area contributed by atoms with Crippen LogP contribution in [0.3, 0.4) is 0 Å². The highest BCUT2D eigenvalue weighted by molar-refractivity contribution is 6.30. The van der Waals surface area contributed by atoms with Crippen LogP contribution in [0.1, 0.15) is 17.0 Å². The molecule has 1 amide bonds. The summed E-state index contributed by atoms with van der Waals surface area (Å²) in [4.78, 5) is 22.3. The van der Waals surface area contributed by atoms with Crippen molar-refractivity contribution in [3.05, 3.63) is 81.5 Å². The van der Waals surface area contributed by atoms with E-state index in [2.05, 4.69) is 5.32 Å². The zero-order chi connectivity index (χ0) is 18.4. The molecular formula is C18H15Cl2NO4. The third-order valence-corrected chi connectivity index (χ3v) is 4.02. The molecule has 2 aromatic carbocycles. The molecule has 0 atom stereocenters. The van der Waals surface area contributed by atoms with Crippen molar-refractivity contribution in [1.29, 1.82) is 0 Å². The molecule has 0 aliphatic carbocycles. The predicted octanol–water partition coefficient (Wildman–Crippen LogP) is 3.77. The van der Waals surface area contributed by atoms with Crippen molar-refractivity contribution >= 4 is 35.1 Å². The van der Waals surface area contributed by atoms with E-state index in [4.69, 9.17) is 33.4 Å². The van der Waals surface area contributed by atoms with Crippen molar-refractivity contribution in [3.8, 4) is 0 Å². The number of aliphatic hydroxyl groups is 1. The van der Waals surface area contributed by atoms with Gasteiger partial charge in [-0.25, -0.2) is 4.79 Å². The third kappa shape index (κ3) is 5.52. The fourth-order valence-electron chi connectivity index (χ4n) is 2.26. The van der Waals surface area contributed by atoms with Crippen LogP contribution in [0.2, 0.25) is 10.0 Å². The Kier molecular flexibility index (Phi) is 6.44. The van der Waals surface area contributed by atoms with E-state index in [0.29, 0.717) is 16.1 Å². The van der Waals surface area contributed by atoms with E-state index in [9.17, 15) is 9.59 Å². The smallest absolute Gasteiger partial charge is 0.371 e. The van der Waals surface area contributed by atoms with E-state index in [0.717, 1.165) is 11.1 Å². The molecule has 0 aliphatic rings. The lowest BCUT2D eigenvalue weighted by molar-refractivity contribution is -0.136. The highest BCUT2D eigenvalue weighted by Gasteiger charge is 2.16. The maximum Gasteiger partial charge on any atom is 0.371 e. The molecule has 0 aromatic heterocycles. The Hall–Kier alpha value is -2.50. The summed E-state index contributed by atoms with van der Waals surface area (Å²) in [5.74, 6) is -3.49. The average molecular weight is 380 g/mol. The first-order valence-electron chi connectivity index (χ1n) is 7.29. The standard InChI is InChI=1S/C18H15Cl2NO4/c19-13-5-1-11(2-6-13)15(12-3-7-14(20)8-4-12)10-21-17(23)9-16(22)18(24)25/h1-9,15,22H,10H2,(H,21,23)(H,24,25)/b16-9-. The van der Waals surface area contributed by atoms with E-state index in [-0.39, 0.29) is 12.5 Å². The Morgan fingerprint density at radius 1 is 0.920 bits per heavy atom. The second-order valence-corrected chi connectivity index (χ2v) is 6.11. The van der Waals surface area contributed by atoms with Crippen molar-refractivity contribution in [1.82, 2.24) is 5.32 Å². The number of nitrogens with one attached hydrogen (secondary N) is 1. The predicted molar refractivity (Wildman–Crippen MR) is 96.1 cm³/mol. The van der Waals surface area contributed by atoms with Crippen LogP contribution in [0.15, 0.2) is 60.4 Å². The van der Waals surface area contributed by atoms with E-state index in [1.165, 1.54) is 0 Å². The summed E-state index contributed by atoms with van der Waals surface area (Å²) in [6, 6.07) is 14.4. The summed E-state index contributed by atoms with van der Waals surface area (Å²) < 4.78 is 0. The van der Waals surface area contributed by atoms with Gasteiger partial charge < -0.3 is 15.5 Å². The maximum absolute atomic E-state index is 11.8. The molecular weight excluding hydrogens is 365 g/mol. The van der Waals surface area contributed by atoms with E-state index in [1.54, 1.807) is 24.3 Å². The molecule has 130 valence electrons. The number of carbonyl (C=O) groups is 2. The Labute approximate surface area is 154 Å². The van der Waals surface area contributed by atoms with E-state index in [1.807, 2.05) is 24.3 Å². The highest BCUT2D eigenvalue weighted by atomic mass is 35.5. The van der Waals surface area contributed by atoms with Gasteiger partial charge in [-0.2, -0.15) is 0 Å². The summed E-state index contributed by atoms with van der Waals surface area (Å²) in [7, 11) is 0. The minimum atomic E-state index is -1.57. The number of carboxylic acids is 1. The first kappa shape index (κ1) is 18.8. The molecule has 0 radical (unpaired) electrons. The van der Waals surface area contributed by atoms with Crippen LogP contribution in [0.4, 0.5) is 0 Å². The lowest BCUT2D eigenvalue weighted by atomic mass is 9.91. The SMILES string of the molecule is O=C(/C=C(\O)C(=O)O)NCC(c1ccc(Cl)cc1)c1ccc(Cl)cc1. The number of aliphatic hydroxyl groups excluding tert-OH is 1. The zero-order valence-corrected chi connectivity index (χ0v) is 14.5. The van der Waals surface area contributed by atoms with Crippen molar-refractivity contribution in [3.63, 3.8) is 0 Å². The third-order valence-electron chi connectivity index (χ3n) is 3.51. The van der Waals surface area contributed by atoms with Gasteiger partial charge in [0.1, 0.15) is 0 Å². The van der Waals surface area contributed by atoms with Gasteiger partial charge >= 0.3 is 5.97 Å². The normalized spacial score (nSPS) is 11.4. The summed E-state index contributed by atoms with van der Waals surface area (Å²) in [6.07, 6.45) is 0.628. The molecule has 0 saturated carbocycles. The summed E-state index contributed by atoms with van der Waals surface area (Å²) in [5, 5.41) is 21.5. The molecule has 5 nitrogen and oxygen atoms in total. The fourth-order valence-corrected chi connectivity index (χ4v) is 2.51. The monoisotopic (exact) mass is 379 g/mol. The van der Waals surface area contributed by atoms with Crippen LogP contribution in [0.5, 0.6) is 0 Å². The number of carboxylic acid groups (broad SMARTS) is 1. The fraction of sp³-hybridized carbons (Fsp3) is 0.111. The summed E-state index contributed by atoms with van der Waals surface area (Å²) >= 11 is 11.8. The molecule has 0 spiro atoms. The zero-order valence-electron chi connectivity index (χ0n) is 12.9. The molecule has 0 unspecified atom stereocenters. The van der Waals surface area contributed by atoms with Gasteiger partial charge in [-0.05, 0) is 35.4 Å². The second-order valence-electron chi connectivity index (χ2n) is 5.24. The van der Waals surface area contributed by atoms with E-state index >= 15 is 0 Å². The van der Waals surface area contributed by atoms with Crippen molar-refractivity contribution in [2.24, 2.45) is 0 Å². The summed E-state index contributed by atoms with van der Waals surface area (Å²) in [5.41, 5.74) is 1.83. The number of aliphatic carboxylic acids is 1. The molecule has 0 fully saturated rings. The first-order valence-corrected chi connectivity index (χ1v) is 8.05. The van der Waals surface area contributed by atoms with Crippen LogP contribution in [-0.2, 0) is 9.59 Å². The topological polar surface area (TPSA) is 86.6 Å². The molecule has 0 heterocycles. The molecule has 7 heteroatoms. The lowest BCUT2D eigenvalue weighted by Crippen LogP contribution is -2.28. The molecule has 3 N–H and O–H groups in total. The minimum absolute atomic E-state index is 0.196. The highest BCUT2D eigenvalue weighted by Crippen LogP contribution is 2.26. The van der Waals surface area contributed by atoms with Gasteiger partial charge in [0.25, 0.3) is 0 Å². The number of benzene rings is 2. The number of hydrogen-bond acceptors (Lipinski definition) is 3. The Balaban J connectivity index is 2.22. The van der Waals surface area contributed by atoms with Gasteiger partial charge in [0.05, 0.1) is 6.08 Å². The van der Waals surface area contributed by atoms with Crippen LogP contribution in [-0.4, -0.2) is 28.6 Å². The number of hydrogen-bond donors (Lipinski definition) is 3. The largest absolute Gasteiger partial charge is 0.502 e. The number of amides is 1. The van der Waals surface area contributed by atoms with Crippen LogP contribution >= 0.6 is 23.2 Å². The van der Waals surface area contributed by atoms with Gasteiger partial charge in [0, 0.05) is 22.5 Å². The first-order chi connectivity index (χ1) is 11.9. The number of carbonyl (C=O) groups excluding carboxylic acids is 1. The van der Waals surface area contributed by atoms with Crippen LogP contribution in [0.25, 0.3) is 0 Å². The molecule has 0 aliphatic heterocycles. The number of rotatable bonds is 6. The Morgan fingerprint density at radius 2 is 1.36 bits per heavy atom. The van der Waals surface area contributed by atoms with Gasteiger partial charge in [0.2, 0.25) is 11.7 Å². The molecule has 25 heavy (non-hydrogen) atoms. The lowest BCUT2D eigenvalue weighted by Gasteiger charge is -2.18. The average Bonchev–Trinajstić information content (AvgIpc) is 2.58. The van der Waals surface area contributed by atoms with Gasteiger partial charge in [-0.15, -0.1) is 0 Å². The Morgan fingerprint density at radius 3 is 1.76 bits per heavy atom.